The molecule has 0 saturated heterocycles. The average molecular weight is 939 g/mol. The summed E-state index contributed by atoms with van der Waals surface area (Å²) in [6, 6.07) is 51.5. The van der Waals surface area contributed by atoms with Crippen LogP contribution in [-0.2, 0) is 16.2 Å². The summed E-state index contributed by atoms with van der Waals surface area (Å²) in [5, 5.41) is 7.08. The van der Waals surface area contributed by atoms with Crippen LogP contribution < -0.4 is 15.1 Å². The second-order valence-electron chi connectivity index (χ2n) is 26.2. The van der Waals surface area contributed by atoms with Crippen LogP contribution in [0.3, 0.4) is 0 Å². The Morgan fingerprint density at radius 2 is 1.20 bits per heavy atom. The molecular weight excluding hydrogens is 876 g/mol. The van der Waals surface area contributed by atoms with Gasteiger partial charge in [0, 0.05) is 53.5 Å². The fourth-order valence-electron chi connectivity index (χ4n) is 18.8. The summed E-state index contributed by atoms with van der Waals surface area (Å²) in [7, 11) is 0. The van der Waals surface area contributed by atoms with Gasteiger partial charge in [-0.2, -0.15) is 0 Å². The zero-order chi connectivity index (χ0) is 46.9. The molecule has 350 valence electrons. The van der Waals surface area contributed by atoms with E-state index in [4.69, 9.17) is 0 Å². The Bertz CT molecular complexity index is 3730. The Kier molecular flexibility index (Phi) is 8.03. The van der Waals surface area contributed by atoms with E-state index in [9.17, 15) is 0 Å². The maximum atomic E-state index is 2.91. The molecule has 10 aliphatic rings. The summed E-state index contributed by atoms with van der Waals surface area (Å²) in [5.41, 5.74) is 20.5. The Labute approximate surface area is 423 Å². The number of anilines is 3. The molecule has 9 aromatic rings. The maximum absolute atomic E-state index is 2.91. The predicted molar refractivity (Wildman–Crippen MR) is 301 cm³/mol. The van der Waals surface area contributed by atoms with Crippen LogP contribution in [0.15, 0.2) is 127 Å². The zero-order valence-corrected chi connectivity index (χ0v) is 42.8. The third-order valence-corrected chi connectivity index (χ3v) is 22.0. The number of aromatic nitrogens is 1. The molecule has 8 aliphatic carbocycles. The molecule has 0 atom stereocenters. The van der Waals surface area contributed by atoms with Crippen LogP contribution in [0.1, 0.15) is 120 Å². The van der Waals surface area contributed by atoms with Gasteiger partial charge in [-0.25, -0.2) is 0 Å². The second-order valence-corrected chi connectivity index (χ2v) is 27.3. The number of hydrogen-bond acceptors (Lipinski definition) is 2. The van der Waals surface area contributed by atoms with Gasteiger partial charge in [-0.05, 0) is 234 Å². The maximum Gasteiger partial charge on any atom is 0.343 e. The van der Waals surface area contributed by atoms with Crippen LogP contribution in [0.25, 0.3) is 64.9 Å². The molecule has 7 aromatic carbocycles. The van der Waals surface area contributed by atoms with E-state index in [1.165, 1.54) is 180 Å². The topological polar surface area (TPSA) is 8.17 Å². The third kappa shape index (κ3) is 5.56. The molecule has 8 bridgehead atoms. The summed E-state index contributed by atoms with van der Waals surface area (Å²) in [6.45, 7) is 9.50. The highest BCUT2D eigenvalue weighted by molar-refractivity contribution is 7.32. The quantitative estimate of drug-likeness (QED) is 0.160. The lowest BCUT2D eigenvalue weighted by atomic mass is 9.47. The molecule has 2 aromatic heterocycles. The van der Waals surface area contributed by atoms with Gasteiger partial charge in [0.25, 0.3) is 0 Å². The number of thiophene rings is 1. The lowest BCUT2D eigenvalue weighted by molar-refractivity contribution is -0.00527. The van der Waals surface area contributed by atoms with Crippen molar-refractivity contribution in [3.8, 4) is 22.3 Å². The smallest absolute Gasteiger partial charge is 0.343 e. The van der Waals surface area contributed by atoms with Gasteiger partial charge in [-0.3, -0.25) is 0 Å². The minimum Gasteiger partial charge on any atom is -0.375 e. The van der Waals surface area contributed by atoms with Gasteiger partial charge in [0.05, 0.1) is 11.4 Å². The summed E-state index contributed by atoms with van der Waals surface area (Å²) in [4.78, 5) is 2.76. The Morgan fingerprint density at radius 3 is 1.89 bits per heavy atom. The SMILES string of the molecule is Cc1cc2c3c(c1)N(c1ccc(C(C)(C)C)cc1-c1ccccc1)c1c(sc4ccc5ccccc5c14)B3n1c3ccc(C45CC6CC(CC(C6)C4)C5)cc3c3cc(C45CC6CC(CC(C6)C4)C5)cc-2c31. The van der Waals surface area contributed by atoms with E-state index in [1.807, 2.05) is 0 Å². The molecule has 0 radical (unpaired) electrons. The number of aryl methyl sites for hydroxylation is 1. The molecule has 4 heteroatoms. The average Bonchev–Trinajstić information content (AvgIpc) is 3.91. The summed E-state index contributed by atoms with van der Waals surface area (Å²) in [6.07, 6.45) is 17.2. The van der Waals surface area contributed by atoms with Crippen molar-refractivity contribution in [2.24, 2.45) is 35.5 Å². The molecule has 2 nitrogen and oxygen atoms in total. The number of benzene rings is 7. The number of fused-ring (bicyclic) bond motifs is 11. The van der Waals surface area contributed by atoms with E-state index >= 15 is 0 Å². The van der Waals surface area contributed by atoms with Gasteiger partial charge >= 0.3 is 6.85 Å². The van der Waals surface area contributed by atoms with E-state index in [1.54, 1.807) is 11.1 Å². The molecule has 8 saturated carbocycles. The lowest BCUT2D eigenvalue weighted by Gasteiger charge is -2.57. The van der Waals surface area contributed by atoms with Crippen LogP contribution in [0.2, 0.25) is 0 Å². The first-order valence-electron chi connectivity index (χ1n) is 27.8. The van der Waals surface area contributed by atoms with Crippen molar-refractivity contribution in [2.75, 3.05) is 4.90 Å². The predicted octanol–water partition coefficient (Wildman–Crippen LogP) is 16.8. The van der Waals surface area contributed by atoms with Crippen LogP contribution in [0.4, 0.5) is 17.1 Å². The third-order valence-electron chi connectivity index (χ3n) is 20.8. The summed E-state index contributed by atoms with van der Waals surface area (Å²) in [5.74, 6) is 5.45. The second kappa shape index (κ2) is 13.9. The first-order valence-corrected chi connectivity index (χ1v) is 28.6. The molecule has 8 fully saturated rings. The van der Waals surface area contributed by atoms with Gasteiger partial charge < -0.3 is 9.38 Å². The van der Waals surface area contributed by atoms with Crippen molar-refractivity contribution in [3.63, 3.8) is 0 Å². The number of nitrogens with zero attached hydrogens (tertiary/aromatic N) is 2. The molecule has 71 heavy (non-hydrogen) atoms. The normalized spacial score (nSPS) is 28.5. The number of hydrogen-bond donors (Lipinski definition) is 0. The lowest BCUT2D eigenvalue weighted by Crippen LogP contribution is -2.55. The van der Waals surface area contributed by atoms with E-state index in [0.717, 1.165) is 35.5 Å². The molecule has 4 heterocycles. The van der Waals surface area contributed by atoms with Crippen LogP contribution in [0, 0.1) is 42.4 Å². The molecule has 0 amide bonds. The van der Waals surface area contributed by atoms with Crippen LogP contribution >= 0.6 is 11.3 Å². The largest absolute Gasteiger partial charge is 0.375 e. The van der Waals surface area contributed by atoms with E-state index in [0.29, 0.717) is 5.41 Å². The molecule has 19 rings (SSSR count). The van der Waals surface area contributed by atoms with Crippen molar-refractivity contribution in [3.05, 3.63) is 150 Å². The molecule has 0 N–H and O–H groups in total. The zero-order valence-electron chi connectivity index (χ0n) is 42.0. The van der Waals surface area contributed by atoms with Gasteiger partial charge in [0.15, 0.2) is 0 Å². The van der Waals surface area contributed by atoms with Crippen LogP contribution in [-0.4, -0.2) is 11.3 Å². The van der Waals surface area contributed by atoms with Gasteiger partial charge in [0.1, 0.15) is 0 Å². The summed E-state index contributed by atoms with van der Waals surface area (Å²) >= 11 is 2.06. The molecule has 2 aliphatic heterocycles. The highest BCUT2D eigenvalue weighted by Gasteiger charge is 2.54. The first-order chi connectivity index (χ1) is 34.5. The minimum atomic E-state index is 0.00249. The minimum absolute atomic E-state index is 0.00249. The van der Waals surface area contributed by atoms with Gasteiger partial charge in [0.2, 0.25) is 0 Å². The van der Waals surface area contributed by atoms with Gasteiger partial charge in [-0.1, -0.05) is 99.6 Å². The van der Waals surface area contributed by atoms with Crippen molar-refractivity contribution >= 4 is 88.2 Å². The number of rotatable bonds is 4. The molecule has 0 spiro atoms. The molecule has 0 unspecified atom stereocenters. The Morgan fingerprint density at radius 1 is 0.549 bits per heavy atom. The van der Waals surface area contributed by atoms with Crippen molar-refractivity contribution < 1.29 is 0 Å². The molecular formula is C67H63BN2S. The fourth-order valence-corrected chi connectivity index (χ4v) is 20.1. The fraction of sp³-hybridized carbons (Fsp3) is 0.373. The van der Waals surface area contributed by atoms with Gasteiger partial charge in [-0.15, -0.1) is 11.3 Å². The highest BCUT2D eigenvalue weighted by atomic mass is 32.1. The first kappa shape index (κ1) is 41.0. The standard InChI is InChI=1S/C67H63BN2S/c1-38-20-53-55-31-49(67-35-42-25-43(36-67)27-44(26-42)37-67)30-54-52-29-48(66-32-39-22-40(33-66)24-41(23-39)34-66)16-18-57(52)70(62(54)55)68-61(53)58(21-38)69(63-60-50-13-9-8-12-46(50)14-19-59(60)71-64(63)68)56-17-15-47(65(2,3)4)28-51(56)45-10-6-5-7-11-45/h5-21,28-31,39-44H,22-27,32-37H2,1-4H3. The monoisotopic (exact) mass is 938 g/mol. The van der Waals surface area contributed by atoms with Crippen molar-refractivity contribution in [1.29, 1.82) is 0 Å². The van der Waals surface area contributed by atoms with Crippen molar-refractivity contribution in [1.82, 2.24) is 4.48 Å². The van der Waals surface area contributed by atoms with E-state index in [2.05, 4.69) is 176 Å². The van der Waals surface area contributed by atoms with Crippen molar-refractivity contribution in [2.45, 2.75) is 121 Å². The van der Waals surface area contributed by atoms with E-state index < -0.39 is 0 Å². The Hall–Kier alpha value is -5.58. The Balaban J connectivity index is 0.992. The highest BCUT2D eigenvalue weighted by Crippen LogP contribution is 2.64. The van der Waals surface area contributed by atoms with E-state index in [-0.39, 0.29) is 17.7 Å². The van der Waals surface area contributed by atoms with Crippen LogP contribution in [0.5, 0.6) is 0 Å². The summed E-state index contributed by atoms with van der Waals surface area (Å²) < 4.78 is 5.74.